The normalized spacial score (nSPS) is 18.4. The number of nitrogens with zero attached hydrogens (tertiary/aromatic N) is 2. The molecule has 20 heavy (non-hydrogen) atoms. The highest BCUT2D eigenvalue weighted by Crippen LogP contribution is 2.27. The van der Waals surface area contributed by atoms with Crippen molar-refractivity contribution in [3.05, 3.63) is 28.3 Å². The summed E-state index contributed by atoms with van der Waals surface area (Å²) in [5.41, 5.74) is 1.32. The summed E-state index contributed by atoms with van der Waals surface area (Å²) in [6.45, 7) is 0.955. The third-order valence-electron chi connectivity index (χ3n) is 3.32. The van der Waals surface area contributed by atoms with Crippen LogP contribution in [0.3, 0.4) is 0 Å². The molecular formula is C12H17N3O4S. The Labute approximate surface area is 117 Å². The minimum Gasteiger partial charge on any atom is -0.388 e. The maximum atomic E-state index is 11.6. The minimum atomic E-state index is -2.99. The first-order chi connectivity index (χ1) is 9.41. The van der Waals surface area contributed by atoms with E-state index in [1.165, 1.54) is 12.1 Å². The van der Waals surface area contributed by atoms with Gasteiger partial charge in [-0.1, -0.05) is 0 Å². The topological polar surface area (TPSA) is 92.6 Å². The number of nitrogens with one attached hydrogen (secondary N) is 1. The Kier molecular flexibility index (Phi) is 4.12. The average molecular weight is 299 g/mol. The van der Waals surface area contributed by atoms with Crippen molar-refractivity contribution in [3.63, 3.8) is 0 Å². The molecule has 0 spiro atoms. The van der Waals surface area contributed by atoms with Gasteiger partial charge in [-0.25, -0.2) is 8.42 Å². The summed E-state index contributed by atoms with van der Waals surface area (Å²) >= 11 is 0. The summed E-state index contributed by atoms with van der Waals surface area (Å²) in [5, 5.41) is 13.8. The lowest BCUT2D eigenvalue weighted by Crippen LogP contribution is -2.26. The number of sulfone groups is 1. The molecule has 1 saturated heterocycles. The molecule has 0 aliphatic carbocycles. The third-order valence-corrected chi connectivity index (χ3v) is 5.04. The van der Waals surface area contributed by atoms with Crippen LogP contribution in [-0.2, 0) is 9.84 Å². The molecule has 1 heterocycles. The van der Waals surface area contributed by atoms with E-state index in [4.69, 9.17) is 0 Å². The van der Waals surface area contributed by atoms with Gasteiger partial charge in [0, 0.05) is 43.6 Å². The molecule has 110 valence electrons. The molecule has 0 unspecified atom stereocenters. The van der Waals surface area contributed by atoms with Gasteiger partial charge < -0.3 is 10.2 Å². The van der Waals surface area contributed by atoms with Crippen molar-refractivity contribution in [1.29, 1.82) is 0 Å². The van der Waals surface area contributed by atoms with Gasteiger partial charge >= 0.3 is 0 Å². The molecule has 0 bridgehead atoms. The number of hydrogen-bond acceptors (Lipinski definition) is 6. The minimum absolute atomic E-state index is 0.000968. The van der Waals surface area contributed by atoms with Crippen molar-refractivity contribution in [2.75, 3.05) is 41.9 Å². The Bertz CT molecular complexity index is 615. The number of nitro benzene ring substituents is 1. The zero-order valence-electron chi connectivity index (χ0n) is 11.2. The second-order valence-corrected chi connectivity index (χ2v) is 7.04. The van der Waals surface area contributed by atoms with E-state index in [9.17, 15) is 18.5 Å². The fourth-order valence-corrected chi connectivity index (χ4v) is 3.50. The van der Waals surface area contributed by atoms with Gasteiger partial charge in [0.25, 0.3) is 5.69 Å². The van der Waals surface area contributed by atoms with Gasteiger partial charge in [0.1, 0.15) is 0 Å². The second-order valence-electron chi connectivity index (χ2n) is 4.74. The van der Waals surface area contributed by atoms with Crippen LogP contribution in [0, 0.1) is 10.1 Å². The molecule has 8 heteroatoms. The quantitative estimate of drug-likeness (QED) is 0.667. The van der Waals surface area contributed by atoms with E-state index in [-0.39, 0.29) is 17.2 Å². The first kappa shape index (κ1) is 14.6. The maximum absolute atomic E-state index is 11.6. The van der Waals surface area contributed by atoms with E-state index in [1.807, 2.05) is 4.90 Å². The Morgan fingerprint density at radius 3 is 2.65 bits per heavy atom. The number of anilines is 2. The van der Waals surface area contributed by atoms with Crippen molar-refractivity contribution in [3.8, 4) is 0 Å². The van der Waals surface area contributed by atoms with Crippen LogP contribution < -0.4 is 10.2 Å². The Morgan fingerprint density at radius 2 is 2.00 bits per heavy atom. The van der Waals surface area contributed by atoms with E-state index in [1.54, 1.807) is 13.1 Å². The second kappa shape index (κ2) is 5.66. The van der Waals surface area contributed by atoms with Crippen molar-refractivity contribution in [2.24, 2.45) is 0 Å². The van der Waals surface area contributed by atoms with E-state index < -0.39 is 14.8 Å². The van der Waals surface area contributed by atoms with Crippen molar-refractivity contribution in [1.82, 2.24) is 0 Å². The standard InChI is InChI=1S/C12H17N3O4S/c1-13-10-7-11(9-12(8-10)15(16)17)14-3-2-5-20(18,19)6-4-14/h7-9,13H,2-6H2,1H3. The molecule has 0 aromatic heterocycles. The first-order valence-corrected chi connectivity index (χ1v) is 8.16. The zero-order chi connectivity index (χ0) is 14.8. The van der Waals surface area contributed by atoms with E-state index in [0.717, 1.165) is 0 Å². The van der Waals surface area contributed by atoms with Gasteiger partial charge in [0.2, 0.25) is 0 Å². The Balaban J connectivity index is 2.31. The van der Waals surface area contributed by atoms with E-state index in [2.05, 4.69) is 5.32 Å². The van der Waals surface area contributed by atoms with Crippen LogP contribution in [-0.4, -0.2) is 45.0 Å². The lowest BCUT2D eigenvalue weighted by molar-refractivity contribution is -0.384. The number of rotatable bonds is 3. The SMILES string of the molecule is CNc1cc(N2CCCS(=O)(=O)CC2)cc([N+](=O)[O-])c1. The molecule has 0 amide bonds. The molecule has 1 aromatic carbocycles. The molecule has 1 aliphatic heterocycles. The number of non-ortho nitro benzene ring substituents is 1. The number of nitro groups is 1. The highest BCUT2D eigenvalue weighted by atomic mass is 32.2. The molecule has 0 radical (unpaired) electrons. The lowest BCUT2D eigenvalue weighted by atomic mass is 10.2. The predicted molar refractivity (Wildman–Crippen MR) is 78.1 cm³/mol. The summed E-state index contributed by atoms with van der Waals surface area (Å²) in [6.07, 6.45) is 0.542. The molecule has 1 aromatic rings. The highest BCUT2D eigenvalue weighted by molar-refractivity contribution is 7.91. The molecule has 7 nitrogen and oxygen atoms in total. The summed E-state index contributed by atoms with van der Waals surface area (Å²) in [5.74, 6) is 0.266. The van der Waals surface area contributed by atoms with Crippen LogP contribution in [0.5, 0.6) is 0 Å². The summed E-state index contributed by atoms with van der Waals surface area (Å²) < 4.78 is 23.2. The fourth-order valence-electron chi connectivity index (χ4n) is 2.22. The average Bonchev–Trinajstić information content (AvgIpc) is 2.59. The van der Waals surface area contributed by atoms with Crippen molar-refractivity contribution < 1.29 is 13.3 Å². The maximum Gasteiger partial charge on any atom is 0.273 e. The van der Waals surface area contributed by atoms with Crippen LogP contribution in [0.25, 0.3) is 0 Å². The van der Waals surface area contributed by atoms with Gasteiger partial charge in [-0.15, -0.1) is 0 Å². The Morgan fingerprint density at radius 1 is 1.25 bits per heavy atom. The van der Waals surface area contributed by atoms with Crippen LogP contribution in [0.15, 0.2) is 18.2 Å². The summed E-state index contributed by atoms with van der Waals surface area (Å²) in [6, 6.07) is 4.74. The van der Waals surface area contributed by atoms with Gasteiger partial charge in [-0.2, -0.15) is 0 Å². The Hall–Kier alpha value is -1.83. The molecule has 1 N–H and O–H groups in total. The van der Waals surface area contributed by atoms with Crippen molar-refractivity contribution >= 4 is 26.9 Å². The largest absolute Gasteiger partial charge is 0.388 e. The van der Waals surface area contributed by atoms with Gasteiger partial charge in [-0.3, -0.25) is 10.1 Å². The third kappa shape index (κ3) is 3.38. The van der Waals surface area contributed by atoms with Crippen LogP contribution >= 0.6 is 0 Å². The number of hydrogen-bond donors (Lipinski definition) is 1. The zero-order valence-corrected chi connectivity index (χ0v) is 12.0. The van der Waals surface area contributed by atoms with Crippen LogP contribution in [0.4, 0.5) is 17.1 Å². The smallest absolute Gasteiger partial charge is 0.273 e. The summed E-state index contributed by atoms with van der Waals surface area (Å²) in [4.78, 5) is 12.4. The highest BCUT2D eigenvalue weighted by Gasteiger charge is 2.21. The molecular weight excluding hydrogens is 282 g/mol. The molecule has 2 rings (SSSR count). The molecule has 1 aliphatic rings. The van der Waals surface area contributed by atoms with E-state index >= 15 is 0 Å². The predicted octanol–water partition coefficient (Wildman–Crippen LogP) is 1.26. The molecule has 0 saturated carbocycles. The van der Waals surface area contributed by atoms with E-state index in [0.29, 0.717) is 30.9 Å². The number of benzene rings is 1. The summed E-state index contributed by atoms with van der Waals surface area (Å²) in [7, 11) is -1.30. The first-order valence-electron chi connectivity index (χ1n) is 6.34. The van der Waals surface area contributed by atoms with Crippen LogP contribution in [0.1, 0.15) is 6.42 Å². The monoisotopic (exact) mass is 299 g/mol. The van der Waals surface area contributed by atoms with Gasteiger partial charge in [0.05, 0.1) is 16.4 Å². The molecule has 1 fully saturated rings. The fraction of sp³-hybridized carbons (Fsp3) is 0.500. The molecule has 0 atom stereocenters. The van der Waals surface area contributed by atoms with Crippen molar-refractivity contribution in [2.45, 2.75) is 6.42 Å². The lowest BCUT2D eigenvalue weighted by Gasteiger charge is -2.22. The van der Waals surface area contributed by atoms with Crippen LogP contribution in [0.2, 0.25) is 0 Å². The van der Waals surface area contributed by atoms with Gasteiger partial charge in [-0.05, 0) is 12.5 Å². The van der Waals surface area contributed by atoms with Gasteiger partial charge in [0.15, 0.2) is 9.84 Å².